The number of carbonyl (C=O) groups is 1. The van der Waals surface area contributed by atoms with Gasteiger partial charge in [-0.3, -0.25) is 4.79 Å². The number of nitrogens with one attached hydrogen (secondary N) is 1. The van der Waals surface area contributed by atoms with Crippen molar-refractivity contribution in [1.29, 1.82) is 0 Å². The Morgan fingerprint density at radius 1 is 1.08 bits per heavy atom. The molecule has 2 aromatic rings. The molecular weight excluding hydrogens is 322 g/mol. The molecule has 1 atom stereocenters. The fraction of sp³-hybridized carbons (Fsp3) is 0.435. The van der Waals surface area contributed by atoms with Crippen LogP contribution in [0.3, 0.4) is 0 Å². The first kappa shape index (κ1) is 18.5. The highest BCUT2D eigenvalue weighted by molar-refractivity contribution is 5.76. The van der Waals surface area contributed by atoms with E-state index >= 15 is 0 Å². The van der Waals surface area contributed by atoms with Crippen LogP contribution < -0.4 is 10.1 Å². The molecule has 0 fully saturated rings. The molecule has 26 heavy (non-hydrogen) atoms. The van der Waals surface area contributed by atoms with Gasteiger partial charge in [-0.25, -0.2) is 0 Å². The summed E-state index contributed by atoms with van der Waals surface area (Å²) in [6.45, 7) is 2.13. The Morgan fingerprint density at radius 3 is 2.50 bits per heavy atom. The van der Waals surface area contributed by atoms with Crippen molar-refractivity contribution in [3.8, 4) is 5.75 Å². The Kier molecular flexibility index (Phi) is 6.32. The monoisotopic (exact) mass is 351 g/mol. The van der Waals surface area contributed by atoms with Gasteiger partial charge in [-0.15, -0.1) is 0 Å². The molecule has 1 aliphatic carbocycles. The van der Waals surface area contributed by atoms with Gasteiger partial charge in [0.15, 0.2) is 0 Å². The molecule has 1 amide bonds. The van der Waals surface area contributed by atoms with E-state index in [0.717, 1.165) is 24.2 Å². The van der Waals surface area contributed by atoms with Crippen LogP contribution in [0.5, 0.6) is 5.75 Å². The highest BCUT2D eigenvalue weighted by atomic mass is 16.5. The Labute approximate surface area is 156 Å². The summed E-state index contributed by atoms with van der Waals surface area (Å²) >= 11 is 0. The van der Waals surface area contributed by atoms with Crippen LogP contribution >= 0.6 is 0 Å². The van der Waals surface area contributed by atoms with Gasteiger partial charge in [-0.2, -0.15) is 0 Å². The summed E-state index contributed by atoms with van der Waals surface area (Å²) in [5.74, 6) is 0.960. The number of amides is 1. The van der Waals surface area contributed by atoms with Crippen LogP contribution in [0.4, 0.5) is 0 Å². The molecule has 3 heteroatoms. The predicted octanol–water partition coefficient (Wildman–Crippen LogP) is 4.77. The molecule has 2 aromatic carbocycles. The van der Waals surface area contributed by atoms with E-state index in [4.69, 9.17) is 4.74 Å². The lowest BCUT2D eigenvalue weighted by molar-refractivity contribution is -0.121. The molecule has 0 unspecified atom stereocenters. The highest BCUT2D eigenvalue weighted by Gasteiger charge is 2.16. The Morgan fingerprint density at radius 2 is 1.81 bits per heavy atom. The largest absolute Gasteiger partial charge is 0.497 e. The lowest BCUT2D eigenvalue weighted by atomic mass is 9.89. The molecule has 0 bridgehead atoms. The number of methoxy groups -OCH3 is 1. The van der Waals surface area contributed by atoms with Gasteiger partial charge in [0.2, 0.25) is 5.91 Å². The van der Waals surface area contributed by atoms with Crippen LogP contribution in [0.2, 0.25) is 0 Å². The maximum atomic E-state index is 12.4. The summed E-state index contributed by atoms with van der Waals surface area (Å²) in [5, 5.41) is 3.22. The van der Waals surface area contributed by atoms with Gasteiger partial charge >= 0.3 is 0 Å². The standard InChI is InChI=1S/C23H29NO2/c1-3-22(20-12-11-18-6-4-5-7-19(18)16-20)24-23(25)15-10-17-8-13-21(26-2)14-9-17/h8-9,11-14,16,22H,3-7,10,15H2,1-2H3,(H,24,25)/t22-/m1/s1. The van der Waals surface area contributed by atoms with Gasteiger partial charge in [-0.1, -0.05) is 37.3 Å². The minimum absolute atomic E-state index is 0.102. The SMILES string of the molecule is CC[C@@H](NC(=O)CCc1ccc(OC)cc1)c1ccc2c(c1)CCCC2. The molecule has 3 nitrogen and oxygen atoms in total. The van der Waals surface area contributed by atoms with E-state index in [1.165, 1.54) is 42.4 Å². The normalized spacial score (nSPS) is 14.4. The van der Waals surface area contributed by atoms with Crippen LogP contribution in [0.15, 0.2) is 42.5 Å². The highest BCUT2D eigenvalue weighted by Crippen LogP contribution is 2.26. The van der Waals surface area contributed by atoms with Gasteiger partial charge in [-0.05, 0) is 72.9 Å². The Balaban J connectivity index is 1.57. The van der Waals surface area contributed by atoms with Gasteiger partial charge in [0, 0.05) is 6.42 Å². The van der Waals surface area contributed by atoms with Crippen molar-refractivity contribution in [1.82, 2.24) is 5.32 Å². The molecule has 0 heterocycles. The van der Waals surface area contributed by atoms with Crippen molar-refractivity contribution < 1.29 is 9.53 Å². The summed E-state index contributed by atoms with van der Waals surface area (Å²) in [5.41, 5.74) is 5.36. The van der Waals surface area contributed by atoms with Gasteiger partial charge < -0.3 is 10.1 Å². The van der Waals surface area contributed by atoms with Crippen molar-refractivity contribution in [3.05, 3.63) is 64.7 Å². The molecule has 0 aromatic heterocycles. The summed E-state index contributed by atoms with van der Waals surface area (Å²) in [4.78, 5) is 12.4. The number of rotatable bonds is 7. The first-order chi connectivity index (χ1) is 12.7. The van der Waals surface area contributed by atoms with E-state index in [9.17, 15) is 4.79 Å². The third-order valence-electron chi connectivity index (χ3n) is 5.32. The second-order valence-electron chi connectivity index (χ2n) is 7.11. The van der Waals surface area contributed by atoms with E-state index < -0.39 is 0 Å². The number of hydrogen-bond donors (Lipinski definition) is 1. The minimum Gasteiger partial charge on any atom is -0.497 e. The van der Waals surface area contributed by atoms with Gasteiger partial charge in [0.05, 0.1) is 13.2 Å². The molecule has 0 saturated heterocycles. The van der Waals surface area contributed by atoms with Crippen LogP contribution in [0.1, 0.15) is 60.9 Å². The van der Waals surface area contributed by atoms with E-state index in [2.05, 4.69) is 30.4 Å². The third-order valence-corrected chi connectivity index (χ3v) is 5.32. The van der Waals surface area contributed by atoms with E-state index in [-0.39, 0.29) is 11.9 Å². The second kappa shape index (κ2) is 8.88. The molecule has 1 aliphatic rings. The number of hydrogen-bond acceptors (Lipinski definition) is 2. The fourth-order valence-electron chi connectivity index (χ4n) is 3.71. The number of carbonyl (C=O) groups excluding carboxylic acids is 1. The Bertz CT molecular complexity index is 736. The quantitative estimate of drug-likeness (QED) is 0.780. The molecule has 1 N–H and O–H groups in total. The van der Waals surface area contributed by atoms with Gasteiger partial charge in [0.25, 0.3) is 0 Å². The summed E-state index contributed by atoms with van der Waals surface area (Å²) in [6, 6.07) is 14.8. The van der Waals surface area contributed by atoms with Crippen LogP contribution in [-0.2, 0) is 24.1 Å². The van der Waals surface area contributed by atoms with E-state index in [0.29, 0.717) is 6.42 Å². The predicted molar refractivity (Wildman–Crippen MR) is 106 cm³/mol. The van der Waals surface area contributed by atoms with Crippen molar-refractivity contribution in [2.24, 2.45) is 0 Å². The third kappa shape index (κ3) is 4.66. The average Bonchev–Trinajstić information content (AvgIpc) is 2.70. The lowest BCUT2D eigenvalue weighted by Crippen LogP contribution is -2.28. The molecule has 0 radical (unpaired) electrons. The molecule has 3 rings (SSSR count). The zero-order chi connectivity index (χ0) is 18.4. The molecular formula is C23H29NO2. The maximum absolute atomic E-state index is 12.4. The van der Waals surface area contributed by atoms with Crippen molar-refractivity contribution in [3.63, 3.8) is 0 Å². The zero-order valence-corrected chi connectivity index (χ0v) is 15.9. The van der Waals surface area contributed by atoms with Crippen LogP contribution in [0.25, 0.3) is 0 Å². The molecule has 0 spiro atoms. The summed E-state index contributed by atoms with van der Waals surface area (Å²) in [6.07, 6.45) is 7.11. The fourth-order valence-corrected chi connectivity index (χ4v) is 3.71. The number of benzene rings is 2. The second-order valence-corrected chi connectivity index (χ2v) is 7.11. The number of ether oxygens (including phenoxy) is 1. The number of aryl methyl sites for hydroxylation is 3. The van der Waals surface area contributed by atoms with Crippen LogP contribution in [0, 0.1) is 0 Å². The summed E-state index contributed by atoms with van der Waals surface area (Å²) in [7, 11) is 1.66. The zero-order valence-electron chi connectivity index (χ0n) is 15.9. The van der Waals surface area contributed by atoms with Crippen molar-refractivity contribution in [2.45, 2.75) is 57.9 Å². The molecule has 0 saturated carbocycles. The topological polar surface area (TPSA) is 38.3 Å². The first-order valence-corrected chi connectivity index (χ1v) is 9.73. The smallest absolute Gasteiger partial charge is 0.220 e. The Hall–Kier alpha value is -2.29. The van der Waals surface area contributed by atoms with Crippen molar-refractivity contribution in [2.75, 3.05) is 7.11 Å². The minimum atomic E-state index is 0.102. The lowest BCUT2D eigenvalue weighted by Gasteiger charge is -2.21. The summed E-state index contributed by atoms with van der Waals surface area (Å²) < 4.78 is 5.17. The van der Waals surface area contributed by atoms with Crippen LogP contribution in [-0.4, -0.2) is 13.0 Å². The number of fused-ring (bicyclic) bond motifs is 1. The van der Waals surface area contributed by atoms with E-state index in [1.54, 1.807) is 7.11 Å². The van der Waals surface area contributed by atoms with E-state index in [1.807, 2.05) is 24.3 Å². The molecule has 0 aliphatic heterocycles. The first-order valence-electron chi connectivity index (χ1n) is 9.73. The molecule has 138 valence electrons. The maximum Gasteiger partial charge on any atom is 0.220 e. The van der Waals surface area contributed by atoms with Gasteiger partial charge in [0.1, 0.15) is 5.75 Å². The average molecular weight is 351 g/mol. The van der Waals surface area contributed by atoms with Crippen molar-refractivity contribution >= 4 is 5.91 Å².